The van der Waals surface area contributed by atoms with Crippen LogP contribution in [-0.4, -0.2) is 11.5 Å². The van der Waals surface area contributed by atoms with Gasteiger partial charge in [0, 0.05) is 0 Å². The predicted octanol–water partition coefficient (Wildman–Crippen LogP) is 4.94. The molecule has 11 atom stereocenters. The Balaban J connectivity index is 1.28. The minimum atomic E-state index is 0.961. The summed E-state index contributed by atoms with van der Waals surface area (Å²) in [4.78, 5) is 0. The molecule has 0 amide bonds. The third-order valence-corrected chi connectivity index (χ3v) is 10.7. The molecule has 6 fully saturated rings. The Hall–Kier alpha value is 0.350. The van der Waals surface area contributed by atoms with E-state index in [2.05, 4.69) is 25.6 Å². The Morgan fingerprint density at radius 1 is 0.905 bits per heavy atom. The monoisotopic (exact) mass is 302 g/mol. The van der Waals surface area contributed by atoms with E-state index in [1.807, 2.05) is 0 Å². The fourth-order valence-corrected chi connectivity index (χ4v) is 10.4. The molecule has 0 aromatic heterocycles. The first kappa shape index (κ1) is 12.7. The van der Waals surface area contributed by atoms with Gasteiger partial charge in [-0.15, -0.1) is 0 Å². The molecule has 6 saturated carbocycles. The van der Waals surface area contributed by atoms with Crippen LogP contribution >= 0.6 is 11.8 Å². The minimum absolute atomic E-state index is 0.961. The summed E-state index contributed by atoms with van der Waals surface area (Å²) in [7, 11) is 0. The molecule has 11 unspecified atom stereocenters. The van der Waals surface area contributed by atoms with Gasteiger partial charge < -0.3 is 0 Å². The predicted molar refractivity (Wildman–Crippen MR) is 89.1 cm³/mol. The quantitative estimate of drug-likeness (QED) is 0.709. The van der Waals surface area contributed by atoms with Gasteiger partial charge in [0.1, 0.15) is 0 Å². The van der Waals surface area contributed by atoms with Gasteiger partial charge >= 0.3 is 0 Å². The average Bonchev–Trinajstić information content (AvgIpc) is 2.78. The van der Waals surface area contributed by atoms with E-state index in [1.165, 1.54) is 65.3 Å². The highest BCUT2D eigenvalue weighted by atomic mass is 32.2. The van der Waals surface area contributed by atoms with Gasteiger partial charge in [-0.2, -0.15) is 11.8 Å². The van der Waals surface area contributed by atoms with Crippen molar-refractivity contribution in [3.63, 3.8) is 0 Å². The third-order valence-electron chi connectivity index (χ3n) is 9.67. The van der Waals surface area contributed by atoms with Gasteiger partial charge in [0.05, 0.1) is 0 Å². The number of rotatable bonds is 4. The van der Waals surface area contributed by atoms with Gasteiger partial charge in [-0.3, -0.25) is 0 Å². The van der Waals surface area contributed by atoms with Crippen molar-refractivity contribution in [1.82, 2.24) is 0 Å². The zero-order valence-electron chi connectivity index (χ0n) is 13.6. The van der Waals surface area contributed by atoms with E-state index in [1.54, 1.807) is 25.7 Å². The highest BCUT2D eigenvalue weighted by Gasteiger charge is 2.88. The lowest BCUT2D eigenvalue weighted by Crippen LogP contribution is -2.45. The molecule has 116 valence electrons. The molecule has 0 saturated heterocycles. The van der Waals surface area contributed by atoms with Gasteiger partial charge in [0.25, 0.3) is 0 Å². The van der Waals surface area contributed by atoms with Crippen LogP contribution in [0, 0.1) is 64.6 Å². The van der Waals surface area contributed by atoms with Crippen molar-refractivity contribution in [3.05, 3.63) is 0 Å². The molecule has 0 aromatic carbocycles. The normalized spacial score (nSPS) is 67.7. The number of fused-ring (bicyclic) bond motifs is 10. The summed E-state index contributed by atoms with van der Waals surface area (Å²) >= 11 is 2.23. The molecule has 0 aromatic rings. The topological polar surface area (TPSA) is 0 Å². The van der Waals surface area contributed by atoms with Crippen LogP contribution in [-0.2, 0) is 0 Å². The Bertz CT molecular complexity index is 486. The summed E-state index contributed by atoms with van der Waals surface area (Å²) in [5, 5.41) is 0. The molecule has 4 bridgehead atoms. The van der Waals surface area contributed by atoms with E-state index < -0.39 is 0 Å². The second-order valence-corrected chi connectivity index (χ2v) is 10.8. The molecule has 1 heteroatoms. The third kappa shape index (κ3) is 1.18. The summed E-state index contributed by atoms with van der Waals surface area (Å²) < 4.78 is 0. The van der Waals surface area contributed by atoms with Crippen molar-refractivity contribution in [2.24, 2.45) is 64.6 Å². The maximum Gasteiger partial charge on any atom is -0.00364 e. The summed E-state index contributed by atoms with van der Waals surface area (Å²) in [5.74, 6) is 14.8. The molecule has 0 nitrogen and oxygen atoms in total. The Labute approximate surface area is 134 Å². The Kier molecular flexibility index (Phi) is 2.35. The molecule has 0 N–H and O–H groups in total. The van der Waals surface area contributed by atoms with Crippen molar-refractivity contribution in [2.45, 2.75) is 46.0 Å². The first-order valence-electron chi connectivity index (χ1n) is 9.90. The maximum absolute atomic E-state index is 2.46. The fourth-order valence-electron chi connectivity index (χ4n) is 9.51. The molecular formula is C20H30S. The largest absolute Gasteiger partial charge is 0.162 e. The molecule has 21 heavy (non-hydrogen) atoms. The molecule has 1 spiro atoms. The number of hydrogen-bond acceptors (Lipinski definition) is 1. The first-order valence-corrected chi connectivity index (χ1v) is 11.1. The molecule has 0 radical (unpaired) electrons. The average molecular weight is 303 g/mol. The first-order chi connectivity index (χ1) is 10.3. The lowest BCUT2D eigenvalue weighted by atomic mass is 9.54. The van der Waals surface area contributed by atoms with Crippen LogP contribution in [0.25, 0.3) is 0 Å². The van der Waals surface area contributed by atoms with Crippen LogP contribution < -0.4 is 0 Å². The molecular weight excluding hydrogens is 272 g/mol. The van der Waals surface area contributed by atoms with Gasteiger partial charge in [0.15, 0.2) is 0 Å². The van der Waals surface area contributed by atoms with Crippen LogP contribution in [0.5, 0.6) is 0 Å². The van der Waals surface area contributed by atoms with Crippen molar-refractivity contribution in [2.75, 3.05) is 11.5 Å². The van der Waals surface area contributed by atoms with Gasteiger partial charge in [0.2, 0.25) is 0 Å². The molecule has 6 rings (SSSR count). The van der Waals surface area contributed by atoms with Crippen molar-refractivity contribution >= 4 is 11.8 Å². The summed E-state index contributed by atoms with van der Waals surface area (Å²) in [6.07, 6.45) is 8.11. The van der Waals surface area contributed by atoms with E-state index in [0.29, 0.717) is 0 Å². The van der Waals surface area contributed by atoms with Crippen molar-refractivity contribution in [3.8, 4) is 0 Å². The van der Waals surface area contributed by atoms with Gasteiger partial charge in [-0.05, 0) is 102 Å². The second-order valence-electron chi connectivity index (χ2n) is 9.45. The van der Waals surface area contributed by atoms with Crippen molar-refractivity contribution in [1.29, 1.82) is 0 Å². The summed E-state index contributed by atoms with van der Waals surface area (Å²) in [5.41, 5.74) is 0.961. The van der Waals surface area contributed by atoms with Crippen LogP contribution in [0.4, 0.5) is 0 Å². The van der Waals surface area contributed by atoms with E-state index in [-0.39, 0.29) is 0 Å². The van der Waals surface area contributed by atoms with Gasteiger partial charge in [-0.1, -0.05) is 20.3 Å². The van der Waals surface area contributed by atoms with Gasteiger partial charge in [-0.25, -0.2) is 0 Å². The van der Waals surface area contributed by atoms with E-state index in [4.69, 9.17) is 0 Å². The fraction of sp³-hybridized carbons (Fsp3) is 1.00. The molecule has 0 heterocycles. The Morgan fingerprint density at radius 2 is 1.76 bits per heavy atom. The van der Waals surface area contributed by atoms with Crippen LogP contribution in [0.1, 0.15) is 46.0 Å². The van der Waals surface area contributed by atoms with E-state index >= 15 is 0 Å². The molecule has 6 aliphatic rings. The highest BCUT2D eigenvalue weighted by Crippen LogP contribution is 2.93. The summed E-state index contributed by atoms with van der Waals surface area (Å²) in [6, 6.07) is 0. The smallest absolute Gasteiger partial charge is 0.00364 e. The second kappa shape index (κ2) is 3.87. The molecule has 0 aliphatic heterocycles. The summed E-state index contributed by atoms with van der Waals surface area (Å²) in [6.45, 7) is 4.80. The SMILES string of the molecule is CCSCC1CC2CC1C1C3C4CC(C5CC(CC)C54)C213. The lowest BCUT2D eigenvalue weighted by molar-refractivity contribution is -0.0247. The standard InChI is InChI=1S/C20H30S/c1-3-10-6-14-16-8-15(17(10)14)19-18-13-7-12(20(16,18)19)5-11(13)9-21-4-2/h10-19H,3-9H2,1-2H3. The van der Waals surface area contributed by atoms with Crippen LogP contribution in [0.15, 0.2) is 0 Å². The minimum Gasteiger partial charge on any atom is -0.162 e. The Morgan fingerprint density at radius 3 is 2.57 bits per heavy atom. The highest BCUT2D eigenvalue weighted by molar-refractivity contribution is 7.99. The maximum atomic E-state index is 2.46. The van der Waals surface area contributed by atoms with Crippen LogP contribution in [0.3, 0.4) is 0 Å². The molecule has 6 aliphatic carbocycles. The van der Waals surface area contributed by atoms with E-state index in [0.717, 1.165) is 17.3 Å². The van der Waals surface area contributed by atoms with Crippen molar-refractivity contribution < 1.29 is 0 Å². The van der Waals surface area contributed by atoms with E-state index in [9.17, 15) is 0 Å². The lowest BCUT2D eigenvalue weighted by Gasteiger charge is -2.50. The number of hydrogen-bond donors (Lipinski definition) is 0. The zero-order chi connectivity index (χ0) is 13.9. The zero-order valence-corrected chi connectivity index (χ0v) is 14.4. The van der Waals surface area contributed by atoms with Crippen LogP contribution in [0.2, 0.25) is 0 Å². The number of thioether (sulfide) groups is 1.